The zero-order valence-corrected chi connectivity index (χ0v) is 17.6. The third-order valence-corrected chi connectivity index (χ3v) is 5.75. The van der Waals surface area contributed by atoms with Crippen LogP contribution in [0, 0.1) is 0 Å². The fourth-order valence-electron chi connectivity index (χ4n) is 4.17. The first-order valence-electron chi connectivity index (χ1n) is 11.2. The van der Waals surface area contributed by atoms with Gasteiger partial charge in [-0.1, -0.05) is 39.5 Å². The van der Waals surface area contributed by atoms with Gasteiger partial charge in [0.1, 0.15) is 0 Å². The lowest BCUT2D eigenvalue weighted by Crippen LogP contribution is -2.54. The Labute approximate surface area is 165 Å². The largest absolute Gasteiger partial charge is 0.389 e. The van der Waals surface area contributed by atoms with E-state index in [1.165, 1.54) is 25.7 Å². The van der Waals surface area contributed by atoms with Crippen LogP contribution in [0.15, 0.2) is 0 Å². The lowest BCUT2D eigenvalue weighted by atomic mass is 10.1. The Morgan fingerprint density at radius 1 is 1.07 bits per heavy atom. The van der Waals surface area contributed by atoms with E-state index in [1.54, 1.807) is 0 Å². The number of urea groups is 1. The average Bonchev–Trinajstić information content (AvgIpc) is 3.03. The van der Waals surface area contributed by atoms with E-state index in [-0.39, 0.29) is 12.2 Å². The van der Waals surface area contributed by atoms with Crippen molar-refractivity contribution in [3.8, 4) is 0 Å². The second-order valence-corrected chi connectivity index (χ2v) is 8.08. The molecule has 0 radical (unpaired) electrons. The summed E-state index contributed by atoms with van der Waals surface area (Å²) in [5.74, 6) is 0. The summed E-state index contributed by atoms with van der Waals surface area (Å²) in [4.78, 5) is 19.2. The number of carbonyl (C=O) groups excluding carboxylic acids is 1. The van der Waals surface area contributed by atoms with Gasteiger partial charge in [-0.15, -0.1) is 0 Å². The highest BCUT2D eigenvalue weighted by Gasteiger charge is 2.37. The summed E-state index contributed by atoms with van der Waals surface area (Å²) in [6.07, 6.45) is 9.85. The first kappa shape index (κ1) is 22.4. The molecule has 158 valence electrons. The third kappa shape index (κ3) is 7.24. The average molecular weight is 384 g/mol. The van der Waals surface area contributed by atoms with Crippen molar-refractivity contribution in [3.63, 3.8) is 0 Å². The normalized spacial score (nSPS) is 22.6. The Balaban J connectivity index is 1.79. The maximum absolute atomic E-state index is 12.8. The van der Waals surface area contributed by atoms with Gasteiger partial charge in [0, 0.05) is 39.3 Å². The van der Waals surface area contributed by atoms with Gasteiger partial charge in [0.15, 0.2) is 0 Å². The predicted molar refractivity (Wildman–Crippen MR) is 109 cm³/mol. The highest BCUT2D eigenvalue weighted by Crippen LogP contribution is 2.24. The number of hydrogen-bond donors (Lipinski definition) is 1. The highest BCUT2D eigenvalue weighted by molar-refractivity contribution is 5.76. The van der Waals surface area contributed by atoms with Gasteiger partial charge >= 0.3 is 6.03 Å². The minimum absolute atomic E-state index is 0.136. The molecule has 2 rings (SSSR count). The van der Waals surface area contributed by atoms with Crippen LogP contribution in [0.1, 0.15) is 71.6 Å². The zero-order chi connectivity index (χ0) is 19.5. The van der Waals surface area contributed by atoms with Crippen molar-refractivity contribution in [2.75, 3.05) is 45.9 Å². The Kier molecular flexibility index (Phi) is 10.5. The summed E-state index contributed by atoms with van der Waals surface area (Å²) in [7, 11) is 0. The number of likely N-dealkylation sites (tertiary alicyclic amines) is 1. The number of rotatable bonds is 13. The molecule has 0 spiro atoms. The molecule has 0 aliphatic carbocycles. The van der Waals surface area contributed by atoms with Gasteiger partial charge in [-0.3, -0.25) is 4.90 Å². The van der Waals surface area contributed by atoms with Crippen LogP contribution < -0.4 is 0 Å². The van der Waals surface area contributed by atoms with E-state index < -0.39 is 6.10 Å². The second-order valence-electron chi connectivity index (χ2n) is 8.08. The molecule has 2 aliphatic rings. The van der Waals surface area contributed by atoms with Crippen LogP contribution in [0.2, 0.25) is 0 Å². The van der Waals surface area contributed by atoms with Crippen LogP contribution in [-0.4, -0.2) is 84.0 Å². The van der Waals surface area contributed by atoms with Crippen molar-refractivity contribution in [2.45, 2.75) is 83.9 Å². The van der Waals surface area contributed by atoms with Crippen molar-refractivity contribution in [3.05, 3.63) is 0 Å². The van der Waals surface area contributed by atoms with Gasteiger partial charge in [0.2, 0.25) is 0 Å². The van der Waals surface area contributed by atoms with Gasteiger partial charge in [-0.25, -0.2) is 4.79 Å². The minimum atomic E-state index is -0.481. The third-order valence-electron chi connectivity index (χ3n) is 5.75. The van der Waals surface area contributed by atoms with E-state index in [4.69, 9.17) is 4.74 Å². The van der Waals surface area contributed by atoms with Crippen LogP contribution in [0.25, 0.3) is 0 Å². The van der Waals surface area contributed by atoms with E-state index in [0.717, 1.165) is 64.9 Å². The maximum atomic E-state index is 12.8. The molecule has 2 fully saturated rings. The second kappa shape index (κ2) is 12.6. The first-order valence-corrected chi connectivity index (χ1v) is 11.2. The molecule has 0 saturated carbocycles. The highest BCUT2D eigenvalue weighted by atomic mass is 16.5. The van der Waals surface area contributed by atoms with Crippen molar-refractivity contribution in [1.29, 1.82) is 0 Å². The summed E-state index contributed by atoms with van der Waals surface area (Å²) < 4.78 is 5.63. The molecule has 27 heavy (non-hydrogen) atoms. The predicted octanol–water partition coefficient (Wildman–Crippen LogP) is 3.29. The number of unbranched alkanes of at least 4 members (excludes halogenated alkanes) is 4. The van der Waals surface area contributed by atoms with Gasteiger partial charge in [-0.05, 0) is 32.1 Å². The fourth-order valence-corrected chi connectivity index (χ4v) is 4.17. The molecular weight excluding hydrogens is 342 g/mol. The van der Waals surface area contributed by atoms with Crippen LogP contribution in [0.5, 0.6) is 0 Å². The molecule has 2 aliphatic heterocycles. The van der Waals surface area contributed by atoms with Crippen LogP contribution >= 0.6 is 0 Å². The molecule has 2 saturated heterocycles. The molecular formula is C21H41N3O3. The zero-order valence-electron chi connectivity index (χ0n) is 17.6. The van der Waals surface area contributed by atoms with Crippen LogP contribution in [0.4, 0.5) is 4.79 Å². The summed E-state index contributed by atoms with van der Waals surface area (Å²) in [6.45, 7) is 9.58. The number of nitrogens with zero attached hydrogens (tertiary/aromatic N) is 3. The number of aliphatic hydroxyl groups excluding tert-OH is 1. The number of aliphatic hydroxyl groups is 1. The summed E-state index contributed by atoms with van der Waals surface area (Å²) >= 11 is 0. The summed E-state index contributed by atoms with van der Waals surface area (Å²) in [6, 6.07) is 0.188. The van der Waals surface area contributed by atoms with E-state index >= 15 is 0 Å². The van der Waals surface area contributed by atoms with E-state index in [9.17, 15) is 9.90 Å². The number of β-amino-alcohol motifs (C(OH)–C–C–N with tert-alkyl or cyclic N) is 1. The fraction of sp³-hybridized carbons (Fsp3) is 0.952. The Bertz CT molecular complexity index is 421. The number of carbonyl (C=O) groups is 1. The molecule has 0 aromatic carbocycles. The standard InChI is InChI=1S/C21H41N3O3/c1-3-5-8-12-22-14-15-24(21(22)26)20-11-7-9-13-23(20)17-19(25)18-27-16-10-6-4-2/h19-20,25H,3-18H2,1-2H3. The smallest absolute Gasteiger partial charge is 0.321 e. The molecule has 1 N–H and O–H groups in total. The summed E-state index contributed by atoms with van der Waals surface area (Å²) in [5, 5.41) is 10.4. The molecule has 2 heterocycles. The monoisotopic (exact) mass is 383 g/mol. The van der Waals surface area contributed by atoms with Crippen LogP contribution in [0.3, 0.4) is 0 Å². The van der Waals surface area contributed by atoms with Crippen molar-refractivity contribution >= 4 is 6.03 Å². The Morgan fingerprint density at radius 3 is 2.63 bits per heavy atom. The number of ether oxygens (including phenoxy) is 1. The molecule has 0 bridgehead atoms. The minimum Gasteiger partial charge on any atom is -0.389 e. The molecule has 0 aromatic heterocycles. The topological polar surface area (TPSA) is 56.3 Å². The van der Waals surface area contributed by atoms with Crippen molar-refractivity contribution in [1.82, 2.24) is 14.7 Å². The number of hydrogen-bond acceptors (Lipinski definition) is 4. The molecule has 6 nitrogen and oxygen atoms in total. The molecule has 2 atom stereocenters. The Morgan fingerprint density at radius 2 is 1.85 bits per heavy atom. The van der Waals surface area contributed by atoms with Gasteiger partial charge in [0.05, 0.1) is 18.9 Å². The van der Waals surface area contributed by atoms with Gasteiger partial charge < -0.3 is 19.6 Å². The summed E-state index contributed by atoms with van der Waals surface area (Å²) in [5.41, 5.74) is 0. The number of amides is 2. The lowest BCUT2D eigenvalue weighted by Gasteiger charge is -2.41. The first-order chi connectivity index (χ1) is 13.2. The molecule has 6 heteroatoms. The molecule has 0 aromatic rings. The van der Waals surface area contributed by atoms with Crippen molar-refractivity contribution < 1.29 is 14.6 Å². The quantitative estimate of drug-likeness (QED) is 0.496. The van der Waals surface area contributed by atoms with E-state index in [2.05, 4.69) is 18.7 Å². The molecule has 2 unspecified atom stereocenters. The Hall–Kier alpha value is -0.850. The van der Waals surface area contributed by atoms with Gasteiger partial charge in [-0.2, -0.15) is 0 Å². The maximum Gasteiger partial charge on any atom is 0.321 e. The number of piperidine rings is 1. The molecule has 2 amide bonds. The van der Waals surface area contributed by atoms with Gasteiger partial charge in [0.25, 0.3) is 0 Å². The van der Waals surface area contributed by atoms with Crippen molar-refractivity contribution in [2.24, 2.45) is 0 Å². The lowest BCUT2D eigenvalue weighted by molar-refractivity contribution is -0.0221. The van der Waals surface area contributed by atoms with E-state index in [0.29, 0.717) is 13.2 Å². The van der Waals surface area contributed by atoms with E-state index in [1.807, 2.05) is 9.80 Å². The van der Waals surface area contributed by atoms with Crippen LogP contribution in [-0.2, 0) is 4.74 Å². The SMILES string of the molecule is CCCCCOCC(O)CN1CCCCC1N1CCN(CCCCC)C1=O.